The van der Waals surface area contributed by atoms with Crippen molar-refractivity contribution in [3.05, 3.63) is 248 Å². The first-order valence-electron chi connectivity index (χ1n) is 21.6. The molecule has 0 spiro atoms. The second-order valence-corrected chi connectivity index (χ2v) is 16.9. The lowest BCUT2D eigenvalue weighted by molar-refractivity contribution is 0.660. The molecule has 0 N–H and O–H groups in total. The van der Waals surface area contributed by atoms with Crippen LogP contribution in [0, 0.1) is 0 Å². The maximum Gasteiger partial charge on any atom is 0.0540 e. The second kappa shape index (κ2) is 15.4. The van der Waals surface area contributed by atoms with E-state index in [9.17, 15) is 0 Å². The third-order valence-electron chi connectivity index (χ3n) is 12.9. The van der Waals surface area contributed by atoms with Crippen LogP contribution < -0.4 is 4.90 Å². The van der Waals surface area contributed by atoms with Gasteiger partial charge < -0.3 is 4.90 Å². The number of anilines is 3. The summed E-state index contributed by atoms with van der Waals surface area (Å²) in [6, 6.07) is 86.6. The third-order valence-corrected chi connectivity index (χ3v) is 12.9. The molecule has 1 heteroatoms. The molecule has 1 aliphatic rings. The van der Waals surface area contributed by atoms with Gasteiger partial charge in [-0.25, -0.2) is 0 Å². The molecule has 0 fully saturated rings. The van der Waals surface area contributed by atoms with Crippen LogP contribution in [0.2, 0.25) is 0 Å². The quantitative estimate of drug-likeness (QED) is 0.148. The average Bonchev–Trinajstić information content (AvgIpc) is 3.57. The van der Waals surface area contributed by atoms with Gasteiger partial charge in [0.25, 0.3) is 0 Å². The van der Waals surface area contributed by atoms with Gasteiger partial charge >= 0.3 is 0 Å². The van der Waals surface area contributed by atoms with Gasteiger partial charge in [-0.2, -0.15) is 0 Å². The molecule has 0 radical (unpaired) electrons. The van der Waals surface area contributed by atoms with Crippen molar-refractivity contribution in [2.24, 2.45) is 0 Å². The molecular weight excluding hydrogens is 747 g/mol. The summed E-state index contributed by atoms with van der Waals surface area (Å²) in [4.78, 5) is 2.46. The van der Waals surface area contributed by atoms with Gasteiger partial charge in [0.1, 0.15) is 0 Å². The Kier molecular flexibility index (Phi) is 9.24. The molecule has 0 bridgehead atoms. The van der Waals surface area contributed by atoms with E-state index in [1.165, 1.54) is 72.0 Å². The van der Waals surface area contributed by atoms with E-state index < -0.39 is 0 Å². The number of hydrogen-bond donors (Lipinski definition) is 0. The molecule has 0 amide bonds. The second-order valence-electron chi connectivity index (χ2n) is 16.9. The molecule has 294 valence electrons. The van der Waals surface area contributed by atoms with Gasteiger partial charge in [-0.05, 0) is 114 Å². The van der Waals surface area contributed by atoms with Gasteiger partial charge in [-0.15, -0.1) is 0 Å². The van der Waals surface area contributed by atoms with Crippen LogP contribution in [-0.2, 0) is 5.41 Å². The summed E-state index contributed by atoms with van der Waals surface area (Å²) in [5, 5.41) is 2.50. The van der Waals surface area contributed by atoms with Gasteiger partial charge in [0.15, 0.2) is 0 Å². The lowest BCUT2D eigenvalue weighted by atomic mass is 9.81. The van der Waals surface area contributed by atoms with Crippen molar-refractivity contribution in [1.82, 2.24) is 0 Å². The smallest absolute Gasteiger partial charge is 0.0540 e. The van der Waals surface area contributed by atoms with Crippen LogP contribution in [0.4, 0.5) is 17.1 Å². The van der Waals surface area contributed by atoms with Crippen LogP contribution in [0.5, 0.6) is 0 Å². The fraction of sp³-hybridized carbons (Fsp3) is 0.0492. The van der Waals surface area contributed by atoms with Crippen molar-refractivity contribution < 1.29 is 0 Å². The average molecular weight is 792 g/mol. The summed E-state index contributed by atoms with van der Waals surface area (Å²) in [6.07, 6.45) is 0. The SMILES string of the molecule is CC1(C)c2ccccc2-c2ccc(-c3ccc(N(c4ccccc4-c4cccc(-c5cccc6ccccc56)c4)c4ccccc4-c4ccccc4-c4ccccc4)cc3)cc21. The first kappa shape index (κ1) is 37.3. The Labute approximate surface area is 364 Å². The third kappa shape index (κ3) is 6.42. The van der Waals surface area contributed by atoms with Crippen molar-refractivity contribution in [1.29, 1.82) is 0 Å². The number of benzene rings is 10. The molecule has 0 unspecified atom stereocenters. The topological polar surface area (TPSA) is 3.24 Å². The zero-order chi connectivity index (χ0) is 41.6. The Bertz CT molecular complexity index is 3260. The molecule has 10 aromatic rings. The first-order valence-corrected chi connectivity index (χ1v) is 21.6. The normalized spacial score (nSPS) is 12.5. The van der Waals surface area contributed by atoms with E-state index in [0.29, 0.717) is 0 Å². The van der Waals surface area contributed by atoms with Crippen molar-refractivity contribution in [2.45, 2.75) is 19.3 Å². The first-order chi connectivity index (χ1) is 30.5. The molecule has 0 heterocycles. The maximum absolute atomic E-state index is 2.46. The Morgan fingerprint density at radius 1 is 0.290 bits per heavy atom. The predicted molar refractivity (Wildman–Crippen MR) is 263 cm³/mol. The maximum atomic E-state index is 2.46. The Hall–Kier alpha value is -7.74. The minimum absolute atomic E-state index is 0.0624. The van der Waals surface area contributed by atoms with Gasteiger partial charge in [-0.1, -0.05) is 214 Å². The zero-order valence-corrected chi connectivity index (χ0v) is 35.0. The minimum atomic E-state index is -0.0624. The number of hydrogen-bond acceptors (Lipinski definition) is 1. The highest BCUT2D eigenvalue weighted by molar-refractivity contribution is 6.00. The van der Waals surface area contributed by atoms with Gasteiger partial charge in [0, 0.05) is 22.2 Å². The van der Waals surface area contributed by atoms with E-state index in [2.05, 4.69) is 255 Å². The summed E-state index contributed by atoms with van der Waals surface area (Å²) in [5.41, 5.74) is 20.6. The Morgan fingerprint density at radius 2 is 0.806 bits per heavy atom. The van der Waals surface area contributed by atoms with Crippen LogP contribution in [0.15, 0.2) is 237 Å². The standard InChI is InChI=1S/C61H45N/c1-61(2)57-31-13-10-28-54(57)55-39-36-45(41-58(55)61)42-34-37-48(38-35-42)62(60-33-15-12-29-56(60)53-27-9-8-25-50(53)43-18-4-3-5-19-43)59-32-14-11-26-52(59)47-23-16-22-46(40-47)51-30-17-21-44-20-6-7-24-49(44)51/h3-41H,1-2H3. The minimum Gasteiger partial charge on any atom is -0.309 e. The number of rotatable bonds is 8. The molecule has 0 atom stereocenters. The number of fused-ring (bicyclic) bond motifs is 4. The predicted octanol–water partition coefficient (Wildman–Crippen LogP) is 17.0. The van der Waals surface area contributed by atoms with E-state index >= 15 is 0 Å². The molecule has 0 aromatic heterocycles. The van der Waals surface area contributed by atoms with Crippen molar-refractivity contribution in [3.63, 3.8) is 0 Å². The molecule has 10 aromatic carbocycles. The molecule has 1 aliphatic carbocycles. The van der Waals surface area contributed by atoms with Crippen molar-refractivity contribution in [3.8, 4) is 66.8 Å². The van der Waals surface area contributed by atoms with Crippen LogP contribution in [0.3, 0.4) is 0 Å². The summed E-state index contributed by atoms with van der Waals surface area (Å²) < 4.78 is 0. The number of para-hydroxylation sites is 2. The summed E-state index contributed by atoms with van der Waals surface area (Å²) in [6.45, 7) is 4.70. The lowest BCUT2D eigenvalue weighted by Crippen LogP contribution is -2.14. The largest absolute Gasteiger partial charge is 0.309 e. The van der Waals surface area contributed by atoms with Crippen LogP contribution in [0.1, 0.15) is 25.0 Å². The highest BCUT2D eigenvalue weighted by atomic mass is 15.1. The van der Waals surface area contributed by atoms with Crippen LogP contribution >= 0.6 is 0 Å². The highest BCUT2D eigenvalue weighted by Gasteiger charge is 2.35. The van der Waals surface area contributed by atoms with Crippen molar-refractivity contribution in [2.75, 3.05) is 4.90 Å². The molecule has 0 saturated heterocycles. The van der Waals surface area contributed by atoms with Gasteiger partial charge in [0.05, 0.1) is 11.4 Å². The summed E-state index contributed by atoms with van der Waals surface area (Å²) >= 11 is 0. The lowest BCUT2D eigenvalue weighted by Gasteiger charge is -2.30. The van der Waals surface area contributed by atoms with Gasteiger partial charge in [-0.3, -0.25) is 0 Å². The summed E-state index contributed by atoms with van der Waals surface area (Å²) in [7, 11) is 0. The van der Waals surface area contributed by atoms with E-state index in [4.69, 9.17) is 0 Å². The van der Waals surface area contributed by atoms with Crippen LogP contribution in [-0.4, -0.2) is 0 Å². The Morgan fingerprint density at radius 3 is 1.60 bits per heavy atom. The molecule has 62 heavy (non-hydrogen) atoms. The summed E-state index contributed by atoms with van der Waals surface area (Å²) in [5.74, 6) is 0. The van der Waals surface area contributed by atoms with E-state index in [1.807, 2.05) is 0 Å². The molecule has 0 saturated carbocycles. The Balaban J connectivity index is 1.07. The van der Waals surface area contributed by atoms with E-state index in [0.717, 1.165) is 33.8 Å². The van der Waals surface area contributed by atoms with Crippen LogP contribution in [0.25, 0.3) is 77.5 Å². The zero-order valence-electron chi connectivity index (χ0n) is 35.0. The highest BCUT2D eigenvalue weighted by Crippen LogP contribution is 2.50. The van der Waals surface area contributed by atoms with Crippen molar-refractivity contribution >= 4 is 27.8 Å². The van der Waals surface area contributed by atoms with E-state index in [-0.39, 0.29) is 5.41 Å². The number of nitrogens with zero attached hydrogens (tertiary/aromatic N) is 1. The molecule has 0 aliphatic heterocycles. The monoisotopic (exact) mass is 791 g/mol. The molecular formula is C61H45N. The fourth-order valence-electron chi connectivity index (χ4n) is 9.82. The molecule has 11 rings (SSSR count). The van der Waals surface area contributed by atoms with E-state index in [1.54, 1.807) is 0 Å². The molecule has 1 nitrogen and oxygen atoms in total. The van der Waals surface area contributed by atoms with Gasteiger partial charge in [0.2, 0.25) is 0 Å². The fourth-order valence-corrected chi connectivity index (χ4v) is 9.82.